The molecule has 0 atom stereocenters. The molecule has 1 heterocycles. The average molecular weight is 479 g/mol. The number of halogens is 1. The first kappa shape index (κ1) is 24.3. The first-order chi connectivity index (χ1) is 15.6. The van der Waals surface area contributed by atoms with E-state index in [4.69, 9.17) is 4.74 Å². The van der Waals surface area contributed by atoms with Gasteiger partial charge in [-0.1, -0.05) is 12.5 Å². The molecule has 0 saturated carbocycles. The zero-order chi connectivity index (χ0) is 24.2. The standard InChI is InChI=1S/C21H22FN3O7S/c1-14-5-6-15(11-19(14)33(30,31)24-9-3-2-4-10-24)21(27)32-13-20(26)23-18-12-16(25(28)29)7-8-17(18)22/h5-8,11-12H,2-4,9-10,13H2,1H3,(H,23,26). The predicted octanol–water partition coefficient (Wildman–Crippen LogP) is 3.01. The lowest BCUT2D eigenvalue weighted by Crippen LogP contribution is -2.36. The van der Waals surface area contributed by atoms with Crippen molar-refractivity contribution in [2.24, 2.45) is 0 Å². The van der Waals surface area contributed by atoms with Crippen molar-refractivity contribution in [1.29, 1.82) is 0 Å². The Morgan fingerprint density at radius 3 is 2.52 bits per heavy atom. The van der Waals surface area contributed by atoms with Gasteiger partial charge in [0.1, 0.15) is 5.82 Å². The highest BCUT2D eigenvalue weighted by molar-refractivity contribution is 7.89. The van der Waals surface area contributed by atoms with E-state index in [-0.39, 0.29) is 10.5 Å². The average Bonchev–Trinajstić information content (AvgIpc) is 2.79. The number of amides is 1. The van der Waals surface area contributed by atoms with E-state index < -0.39 is 50.6 Å². The van der Waals surface area contributed by atoms with Gasteiger partial charge in [-0.3, -0.25) is 14.9 Å². The Kier molecular flexibility index (Phi) is 7.39. The maximum atomic E-state index is 13.8. The normalized spacial score (nSPS) is 14.5. The highest BCUT2D eigenvalue weighted by atomic mass is 32.2. The lowest BCUT2D eigenvalue weighted by Gasteiger charge is -2.26. The van der Waals surface area contributed by atoms with Crippen LogP contribution in [0.15, 0.2) is 41.3 Å². The number of piperidine rings is 1. The molecule has 10 nitrogen and oxygen atoms in total. The van der Waals surface area contributed by atoms with E-state index in [0.29, 0.717) is 18.7 Å². The van der Waals surface area contributed by atoms with Gasteiger partial charge in [-0.05, 0) is 43.5 Å². The van der Waals surface area contributed by atoms with Crippen molar-refractivity contribution < 1.29 is 32.1 Å². The number of carbonyl (C=O) groups is 2. The number of carbonyl (C=O) groups excluding carboxylic acids is 2. The van der Waals surface area contributed by atoms with E-state index in [1.807, 2.05) is 0 Å². The fourth-order valence-corrected chi connectivity index (χ4v) is 5.14. The quantitative estimate of drug-likeness (QED) is 0.366. The Balaban J connectivity index is 1.68. The molecule has 2 aromatic rings. The summed E-state index contributed by atoms with van der Waals surface area (Å²) in [6.07, 6.45) is 2.49. The molecule has 176 valence electrons. The zero-order valence-electron chi connectivity index (χ0n) is 17.7. The van der Waals surface area contributed by atoms with Gasteiger partial charge in [0.25, 0.3) is 11.6 Å². The van der Waals surface area contributed by atoms with Crippen LogP contribution in [0.1, 0.15) is 35.2 Å². The second kappa shape index (κ2) is 10.0. The molecule has 3 rings (SSSR count). The Morgan fingerprint density at radius 1 is 1.15 bits per heavy atom. The first-order valence-corrected chi connectivity index (χ1v) is 11.6. The molecule has 1 aliphatic heterocycles. The lowest BCUT2D eigenvalue weighted by atomic mass is 10.1. The number of nitrogens with one attached hydrogen (secondary N) is 1. The fraction of sp³-hybridized carbons (Fsp3) is 0.333. The Morgan fingerprint density at radius 2 is 1.85 bits per heavy atom. The highest BCUT2D eigenvalue weighted by Gasteiger charge is 2.28. The van der Waals surface area contributed by atoms with Gasteiger partial charge in [0.2, 0.25) is 10.0 Å². The van der Waals surface area contributed by atoms with Crippen LogP contribution in [0.4, 0.5) is 15.8 Å². The van der Waals surface area contributed by atoms with Crippen LogP contribution in [-0.2, 0) is 19.6 Å². The molecule has 0 unspecified atom stereocenters. The van der Waals surface area contributed by atoms with Crippen molar-refractivity contribution in [2.75, 3.05) is 25.0 Å². The number of benzene rings is 2. The second-order valence-corrected chi connectivity index (χ2v) is 9.40. The van der Waals surface area contributed by atoms with Crippen LogP contribution in [-0.4, -0.2) is 49.2 Å². The summed E-state index contributed by atoms with van der Waals surface area (Å²) in [7, 11) is -3.79. The van der Waals surface area contributed by atoms with Crippen LogP contribution in [0.5, 0.6) is 0 Å². The number of non-ortho nitro benzene ring substituents is 1. The summed E-state index contributed by atoms with van der Waals surface area (Å²) in [5.41, 5.74) is -0.456. The molecule has 33 heavy (non-hydrogen) atoms. The molecule has 0 spiro atoms. The van der Waals surface area contributed by atoms with Crippen LogP contribution >= 0.6 is 0 Å². The Hall–Kier alpha value is -3.38. The van der Waals surface area contributed by atoms with Crippen LogP contribution in [0.25, 0.3) is 0 Å². The van der Waals surface area contributed by atoms with Gasteiger partial charge in [-0.25, -0.2) is 17.6 Å². The number of esters is 1. The molecule has 1 aliphatic rings. The minimum Gasteiger partial charge on any atom is -0.452 e. The van der Waals surface area contributed by atoms with Gasteiger partial charge in [0.05, 0.1) is 21.1 Å². The third-order valence-corrected chi connectivity index (χ3v) is 7.17. The number of rotatable bonds is 7. The topological polar surface area (TPSA) is 136 Å². The van der Waals surface area contributed by atoms with Crippen molar-refractivity contribution in [3.63, 3.8) is 0 Å². The summed E-state index contributed by atoms with van der Waals surface area (Å²) in [6, 6.07) is 6.68. The van der Waals surface area contributed by atoms with Crippen molar-refractivity contribution in [3.05, 3.63) is 63.5 Å². The monoisotopic (exact) mass is 479 g/mol. The van der Waals surface area contributed by atoms with E-state index in [1.54, 1.807) is 6.92 Å². The maximum absolute atomic E-state index is 13.8. The van der Waals surface area contributed by atoms with Gasteiger partial charge in [-0.2, -0.15) is 4.31 Å². The third kappa shape index (κ3) is 5.71. The molecule has 1 N–H and O–H groups in total. The SMILES string of the molecule is Cc1ccc(C(=O)OCC(=O)Nc2cc([N+](=O)[O-])ccc2F)cc1S(=O)(=O)N1CCCCC1. The number of ether oxygens (including phenoxy) is 1. The van der Waals surface area contributed by atoms with Gasteiger partial charge in [0, 0.05) is 25.2 Å². The van der Waals surface area contributed by atoms with Gasteiger partial charge < -0.3 is 10.1 Å². The number of sulfonamides is 1. The molecule has 0 bridgehead atoms. The molecular formula is C21H22FN3O7S. The lowest BCUT2D eigenvalue weighted by molar-refractivity contribution is -0.384. The van der Waals surface area contributed by atoms with Crippen molar-refractivity contribution in [2.45, 2.75) is 31.1 Å². The largest absolute Gasteiger partial charge is 0.452 e. The zero-order valence-corrected chi connectivity index (χ0v) is 18.6. The van der Waals surface area contributed by atoms with E-state index in [9.17, 15) is 32.5 Å². The van der Waals surface area contributed by atoms with E-state index >= 15 is 0 Å². The van der Waals surface area contributed by atoms with E-state index in [2.05, 4.69) is 5.32 Å². The summed E-state index contributed by atoms with van der Waals surface area (Å²) >= 11 is 0. The molecule has 0 aliphatic carbocycles. The summed E-state index contributed by atoms with van der Waals surface area (Å²) in [4.78, 5) is 34.5. The van der Waals surface area contributed by atoms with Crippen molar-refractivity contribution in [1.82, 2.24) is 4.31 Å². The van der Waals surface area contributed by atoms with Crippen LogP contribution in [0.3, 0.4) is 0 Å². The number of nitro benzene ring substituents is 1. The van der Waals surface area contributed by atoms with Crippen LogP contribution in [0.2, 0.25) is 0 Å². The summed E-state index contributed by atoms with van der Waals surface area (Å²) in [6.45, 7) is 1.63. The predicted molar refractivity (Wildman–Crippen MR) is 116 cm³/mol. The molecule has 1 fully saturated rings. The van der Waals surface area contributed by atoms with Crippen molar-refractivity contribution >= 4 is 33.3 Å². The van der Waals surface area contributed by atoms with Crippen LogP contribution in [0, 0.1) is 22.9 Å². The molecule has 2 aromatic carbocycles. The highest BCUT2D eigenvalue weighted by Crippen LogP contribution is 2.25. The van der Waals surface area contributed by atoms with E-state index in [0.717, 1.165) is 37.5 Å². The molecule has 12 heteroatoms. The number of hydrogen-bond acceptors (Lipinski definition) is 7. The number of hydrogen-bond donors (Lipinski definition) is 1. The number of aryl methyl sites for hydroxylation is 1. The van der Waals surface area contributed by atoms with Gasteiger partial charge in [0.15, 0.2) is 6.61 Å². The molecule has 0 radical (unpaired) electrons. The molecular weight excluding hydrogens is 457 g/mol. The first-order valence-electron chi connectivity index (χ1n) is 10.1. The molecule has 1 amide bonds. The molecule has 1 saturated heterocycles. The summed E-state index contributed by atoms with van der Waals surface area (Å²) in [5, 5.41) is 12.9. The number of nitrogens with zero attached hydrogens (tertiary/aromatic N) is 2. The molecule has 0 aromatic heterocycles. The Labute approximate surface area is 189 Å². The maximum Gasteiger partial charge on any atom is 0.338 e. The van der Waals surface area contributed by atoms with Crippen LogP contribution < -0.4 is 5.32 Å². The minimum absolute atomic E-state index is 0.0121. The minimum atomic E-state index is -3.79. The fourth-order valence-electron chi connectivity index (χ4n) is 3.37. The summed E-state index contributed by atoms with van der Waals surface area (Å²) < 4.78 is 46.1. The second-order valence-electron chi connectivity index (χ2n) is 7.49. The number of nitro groups is 1. The van der Waals surface area contributed by atoms with E-state index in [1.165, 1.54) is 22.5 Å². The van der Waals surface area contributed by atoms with Crippen molar-refractivity contribution in [3.8, 4) is 0 Å². The Bertz CT molecular complexity index is 1190. The third-order valence-electron chi connectivity index (χ3n) is 5.13. The summed E-state index contributed by atoms with van der Waals surface area (Å²) in [5.74, 6) is -2.76. The van der Waals surface area contributed by atoms with Gasteiger partial charge >= 0.3 is 5.97 Å². The smallest absolute Gasteiger partial charge is 0.338 e. The van der Waals surface area contributed by atoms with Gasteiger partial charge in [-0.15, -0.1) is 0 Å². The number of anilines is 1.